The summed E-state index contributed by atoms with van der Waals surface area (Å²) in [6.45, 7) is 5.59. The highest BCUT2D eigenvalue weighted by atomic mass is 19.1. The first-order valence-corrected chi connectivity index (χ1v) is 9.46. The molecule has 2 unspecified atom stereocenters. The molecule has 4 nitrogen and oxygen atoms in total. The maximum Gasteiger partial charge on any atom is 0.123 e. The molecule has 2 aliphatic rings. The fourth-order valence-corrected chi connectivity index (χ4v) is 4.01. The number of nitrogens with one attached hydrogen (secondary N) is 1. The van der Waals surface area contributed by atoms with E-state index in [1.165, 1.54) is 12.1 Å². The maximum absolute atomic E-state index is 13.4. The fraction of sp³-hybridized carbons (Fsp3) is 0.429. The van der Waals surface area contributed by atoms with Crippen molar-refractivity contribution in [3.8, 4) is 0 Å². The number of benzene rings is 1. The van der Waals surface area contributed by atoms with Gasteiger partial charge in [-0.05, 0) is 67.9 Å². The van der Waals surface area contributed by atoms with Gasteiger partial charge in [0.1, 0.15) is 17.7 Å². The second-order valence-corrected chi connectivity index (χ2v) is 7.12. The van der Waals surface area contributed by atoms with Crippen molar-refractivity contribution in [3.05, 3.63) is 65.7 Å². The molecule has 0 saturated carbocycles. The second-order valence-electron chi connectivity index (χ2n) is 7.12. The lowest BCUT2D eigenvalue weighted by molar-refractivity contribution is 0.218. The first kappa shape index (κ1) is 17.2. The number of hydrogen-bond donors (Lipinski definition) is 1. The van der Waals surface area contributed by atoms with E-state index in [0.717, 1.165) is 49.4 Å². The van der Waals surface area contributed by atoms with E-state index in [-0.39, 0.29) is 17.9 Å². The largest absolute Gasteiger partial charge is 0.364 e. The first-order valence-electron chi connectivity index (χ1n) is 9.46. The molecule has 0 amide bonds. The second kappa shape index (κ2) is 7.54. The molecule has 136 valence electrons. The van der Waals surface area contributed by atoms with Crippen LogP contribution < -0.4 is 5.32 Å². The molecular formula is C21H25FN4. The van der Waals surface area contributed by atoms with Gasteiger partial charge in [0.15, 0.2) is 0 Å². The Balaban J connectivity index is 1.60. The van der Waals surface area contributed by atoms with Gasteiger partial charge in [-0.15, -0.1) is 0 Å². The number of piperidine rings is 1. The van der Waals surface area contributed by atoms with Crippen molar-refractivity contribution in [3.63, 3.8) is 0 Å². The predicted molar refractivity (Wildman–Crippen MR) is 102 cm³/mol. The molecule has 2 aliphatic heterocycles. The van der Waals surface area contributed by atoms with E-state index in [9.17, 15) is 4.39 Å². The Morgan fingerprint density at radius 3 is 2.38 bits per heavy atom. The topological polar surface area (TPSA) is 40.5 Å². The standard InChI is InChI=1S/C21H25FN4/c1-2-26-13-9-17(10-14-26)21-24-19(15-3-5-18(22)6-4-15)20(25-21)16-7-11-23-12-8-16/h3-8,11-12,17,19-20H,2,9-10,13-14H2,1H3,(H,24,25). The van der Waals surface area contributed by atoms with E-state index >= 15 is 0 Å². The Labute approximate surface area is 154 Å². The van der Waals surface area contributed by atoms with Crippen molar-refractivity contribution in [2.24, 2.45) is 10.9 Å². The highest BCUT2D eigenvalue weighted by Gasteiger charge is 2.35. The molecule has 0 spiro atoms. The van der Waals surface area contributed by atoms with Gasteiger partial charge in [0.25, 0.3) is 0 Å². The van der Waals surface area contributed by atoms with Gasteiger partial charge in [0.05, 0.1) is 6.04 Å². The normalized spacial score (nSPS) is 24.3. The van der Waals surface area contributed by atoms with Gasteiger partial charge in [-0.3, -0.25) is 9.98 Å². The molecular weight excluding hydrogens is 327 g/mol. The zero-order chi connectivity index (χ0) is 17.9. The zero-order valence-electron chi connectivity index (χ0n) is 15.1. The summed E-state index contributed by atoms with van der Waals surface area (Å²) in [5.41, 5.74) is 2.21. The minimum atomic E-state index is -0.208. The smallest absolute Gasteiger partial charge is 0.123 e. The quantitative estimate of drug-likeness (QED) is 0.911. The van der Waals surface area contributed by atoms with Crippen molar-refractivity contribution in [1.82, 2.24) is 15.2 Å². The third kappa shape index (κ3) is 3.49. The third-order valence-electron chi connectivity index (χ3n) is 5.60. The molecule has 1 N–H and O–H groups in total. The van der Waals surface area contributed by atoms with E-state index in [1.807, 2.05) is 36.7 Å². The average Bonchev–Trinajstić information content (AvgIpc) is 3.15. The summed E-state index contributed by atoms with van der Waals surface area (Å²) in [6.07, 6.45) is 5.90. The van der Waals surface area contributed by atoms with E-state index in [0.29, 0.717) is 5.92 Å². The Morgan fingerprint density at radius 1 is 1.04 bits per heavy atom. The third-order valence-corrected chi connectivity index (χ3v) is 5.60. The van der Waals surface area contributed by atoms with Crippen LogP contribution in [0, 0.1) is 11.7 Å². The van der Waals surface area contributed by atoms with Gasteiger partial charge in [0.2, 0.25) is 0 Å². The molecule has 0 radical (unpaired) electrons. The summed E-state index contributed by atoms with van der Waals surface area (Å²) < 4.78 is 13.4. The maximum atomic E-state index is 13.4. The average molecular weight is 352 g/mol. The van der Waals surface area contributed by atoms with E-state index in [4.69, 9.17) is 4.99 Å². The number of aromatic nitrogens is 1. The van der Waals surface area contributed by atoms with Crippen LogP contribution in [0.15, 0.2) is 53.8 Å². The van der Waals surface area contributed by atoms with Crippen LogP contribution in [-0.2, 0) is 0 Å². The SMILES string of the molecule is CCN1CCC(C2=NC(c3ccncc3)C(c3ccc(F)cc3)N2)CC1. The van der Waals surface area contributed by atoms with Crippen molar-refractivity contribution in [2.45, 2.75) is 31.8 Å². The lowest BCUT2D eigenvalue weighted by Crippen LogP contribution is -2.39. The number of nitrogens with zero attached hydrogens (tertiary/aromatic N) is 3. The molecule has 0 aliphatic carbocycles. The number of halogens is 1. The summed E-state index contributed by atoms with van der Waals surface area (Å²) in [5.74, 6) is 1.38. The van der Waals surface area contributed by atoms with Gasteiger partial charge in [-0.2, -0.15) is 0 Å². The van der Waals surface area contributed by atoms with Crippen LogP contribution in [0.4, 0.5) is 4.39 Å². The van der Waals surface area contributed by atoms with Crippen LogP contribution in [0.25, 0.3) is 0 Å². The summed E-state index contributed by atoms with van der Waals surface area (Å²) >= 11 is 0. The van der Waals surface area contributed by atoms with Crippen molar-refractivity contribution < 1.29 is 4.39 Å². The number of aliphatic imine (C=N–C) groups is 1. The Bertz CT molecular complexity index is 751. The van der Waals surface area contributed by atoms with Crippen molar-refractivity contribution in [1.29, 1.82) is 0 Å². The lowest BCUT2D eigenvalue weighted by atomic mass is 9.94. The zero-order valence-corrected chi connectivity index (χ0v) is 15.1. The monoisotopic (exact) mass is 352 g/mol. The molecule has 1 fully saturated rings. The van der Waals surface area contributed by atoms with Gasteiger partial charge >= 0.3 is 0 Å². The molecule has 1 saturated heterocycles. The fourth-order valence-electron chi connectivity index (χ4n) is 4.01. The molecule has 1 aromatic heterocycles. The van der Waals surface area contributed by atoms with E-state index in [2.05, 4.69) is 22.1 Å². The number of hydrogen-bond acceptors (Lipinski definition) is 4. The van der Waals surface area contributed by atoms with Crippen LogP contribution in [0.2, 0.25) is 0 Å². The highest BCUT2D eigenvalue weighted by Crippen LogP contribution is 2.38. The number of pyridine rings is 1. The van der Waals surface area contributed by atoms with Crippen LogP contribution in [0.1, 0.15) is 43.0 Å². The molecule has 26 heavy (non-hydrogen) atoms. The summed E-state index contributed by atoms with van der Waals surface area (Å²) in [6, 6.07) is 10.9. The molecule has 2 atom stereocenters. The van der Waals surface area contributed by atoms with Gasteiger partial charge in [-0.1, -0.05) is 19.1 Å². The molecule has 0 bridgehead atoms. The molecule has 1 aromatic carbocycles. The number of likely N-dealkylation sites (tertiary alicyclic amines) is 1. The Kier molecular flexibility index (Phi) is 4.98. The van der Waals surface area contributed by atoms with Gasteiger partial charge in [0, 0.05) is 18.3 Å². The van der Waals surface area contributed by atoms with Gasteiger partial charge in [-0.25, -0.2) is 4.39 Å². The van der Waals surface area contributed by atoms with Crippen molar-refractivity contribution >= 4 is 5.84 Å². The molecule has 2 aromatic rings. The van der Waals surface area contributed by atoms with E-state index in [1.54, 1.807) is 0 Å². The summed E-state index contributed by atoms with van der Waals surface area (Å²) in [7, 11) is 0. The minimum Gasteiger partial charge on any atom is -0.364 e. The minimum absolute atomic E-state index is 0.00247. The first-order chi connectivity index (χ1) is 12.7. The molecule has 4 rings (SSSR count). The van der Waals surface area contributed by atoms with Crippen LogP contribution in [0.3, 0.4) is 0 Å². The lowest BCUT2D eigenvalue weighted by Gasteiger charge is -2.31. The summed E-state index contributed by atoms with van der Waals surface area (Å²) in [5, 5.41) is 3.67. The van der Waals surface area contributed by atoms with Crippen LogP contribution in [-0.4, -0.2) is 35.4 Å². The van der Waals surface area contributed by atoms with Crippen LogP contribution in [0.5, 0.6) is 0 Å². The highest BCUT2D eigenvalue weighted by molar-refractivity contribution is 5.87. The summed E-state index contributed by atoms with van der Waals surface area (Å²) in [4.78, 5) is 11.7. The molecule has 3 heterocycles. The number of amidine groups is 1. The Morgan fingerprint density at radius 2 is 1.73 bits per heavy atom. The van der Waals surface area contributed by atoms with Gasteiger partial charge < -0.3 is 10.2 Å². The number of rotatable bonds is 4. The van der Waals surface area contributed by atoms with Crippen molar-refractivity contribution in [2.75, 3.05) is 19.6 Å². The van der Waals surface area contributed by atoms with E-state index < -0.39 is 0 Å². The molecule has 5 heteroatoms. The Hall–Kier alpha value is -2.27. The van der Waals surface area contributed by atoms with Crippen LogP contribution >= 0.6 is 0 Å². The predicted octanol–water partition coefficient (Wildman–Crippen LogP) is 3.74.